The van der Waals surface area contributed by atoms with E-state index in [-0.39, 0.29) is 10.1 Å². The molecule has 1 N–H and O–H groups in total. The second-order valence-electron chi connectivity index (χ2n) is 14.0. The van der Waals surface area contributed by atoms with Crippen LogP contribution in [0.25, 0.3) is 0 Å². The van der Waals surface area contributed by atoms with Crippen LogP contribution in [0.15, 0.2) is 60.7 Å². The maximum atomic E-state index is 11.3. The molecule has 2 aromatic carbocycles. The van der Waals surface area contributed by atoms with Crippen molar-refractivity contribution in [2.75, 3.05) is 6.61 Å². The van der Waals surface area contributed by atoms with Gasteiger partial charge in [0, 0.05) is 0 Å². The van der Waals surface area contributed by atoms with E-state index in [1.807, 2.05) is 60.7 Å². The van der Waals surface area contributed by atoms with Crippen LogP contribution in [0.4, 0.5) is 0 Å². The molecule has 1 aliphatic heterocycles. The zero-order valence-electron chi connectivity index (χ0n) is 26.3. The van der Waals surface area contributed by atoms with Crippen LogP contribution in [0.2, 0.25) is 36.3 Å². The van der Waals surface area contributed by atoms with Crippen LogP contribution in [0.3, 0.4) is 0 Å². The van der Waals surface area contributed by atoms with E-state index in [1.165, 1.54) is 0 Å². The molecule has 0 amide bonds. The summed E-state index contributed by atoms with van der Waals surface area (Å²) in [6.45, 7) is 23.3. The molecule has 1 saturated heterocycles. The van der Waals surface area contributed by atoms with Crippen LogP contribution in [-0.4, -0.2) is 59.1 Å². The fourth-order valence-corrected chi connectivity index (χ4v) is 6.43. The summed E-state index contributed by atoms with van der Waals surface area (Å²) in [7, 11) is -4.36. The average Bonchev–Trinajstić information content (AvgIpc) is 2.86. The molecule has 8 heteroatoms. The number of aliphatic hydroxyl groups is 1. The van der Waals surface area contributed by atoms with Crippen molar-refractivity contribution in [2.24, 2.45) is 0 Å². The molecule has 224 valence electrons. The molecule has 0 bridgehead atoms. The van der Waals surface area contributed by atoms with Gasteiger partial charge in [-0.25, -0.2) is 0 Å². The van der Waals surface area contributed by atoms with Crippen LogP contribution in [0, 0.1) is 0 Å². The smallest absolute Gasteiger partial charge is 0.192 e. The van der Waals surface area contributed by atoms with Gasteiger partial charge in [0.15, 0.2) is 22.9 Å². The molecule has 1 aliphatic rings. The fourth-order valence-electron chi connectivity index (χ4n) is 4.10. The Hall–Kier alpha value is -1.37. The summed E-state index contributed by atoms with van der Waals surface area (Å²) in [6.07, 6.45) is -3.46. The van der Waals surface area contributed by atoms with Crippen LogP contribution in [-0.2, 0) is 36.3 Å². The Morgan fingerprint density at radius 3 is 1.57 bits per heavy atom. The van der Waals surface area contributed by atoms with E-state index in [1.54, 1.807) is 0 Å². The van der Waals surface area contributed by atoms with Gasteiger partial charge >= 0.3 is 0 Å². The lowest BCUT2D eigenvalue weighted by molar-refractivity contribution is -0.304. The summed E-state index contributed by atoms with van der Waals surface area (Å²) in [5.41, 5.74) is 2.06. The monoisotopic (exact) mass is 588 g/mol. The summed E-state index contributed by atoms with van der Waals surface area (Å²) < 4.78 is 33.0. The molecule has 2 aromatic rings. The van der Waals surface area contributed by atoms with Crippen molar-refractivity contribution in [1.29, 1.82) is 0 Å². The van der Waals surface area contributed by atoms with Gasteiger partial charge in [0.1, 0.15) is 24.4 Å². The summed E-state index contributed by atoms with van der Waals surface area (Å²) in [6, 6.07) is 20.0. The molecule has 1 heterocycles. The van der Waals surface area contributed by atoms with Crippen molar-refractivity contribution in [2.45, 2.75) is 122 Å². The summed E-state index contributed by atoms with van der Waals surface area (Å²) in [4.78, 5) is 0. The largest absolute Gasteiger partial charge is 0.414 e. The number of aliphatic hydroxyl groups excluding tert-OH is 1. The Morgan fingerprint density at radius 1 is 0.675 bits per heavy atom. The highest BCUT2D eigenvalue weighted by Crippen LogP contribution is 2.41. The van der Waals surface area contributed by atoms with Crippen LogP contribution < -0.4 is 0 Å². The maximum absolute atomic E-state index is 11.3. The molecule has 0 unspecified atom stereocenters. The minimum absolute atomic E-state index is 0.0295. The molecular formula is C32H52O6Si2. The predicted molar refractivity (Wildman–Crippen MR) is 166 cm³/mol. The van der Waals surface area contributed by atoms with Crippen molar-refractivity contribution in [3.8, 4) is 0 Å². The molecule has 0 aliphatic carbocycles. The minimum Gasteiger partial charge on any atom is -0.414 e. The highest BCUT2D eigenvalue weighted by molar-refractivity contribution is 6.74. The van der Waals surface area contributed by atoms with E-state index in [0.29, 0.717) is 19.8 Å². The van der Waals surface area contributed by atoms with Crippen molar-refractivity contribution in [1.82, 2.24) is 0 Å². The van der Waals surface area contributed by atoms with Gasteiger partial charge in [-0.3, -0.25) is 0 Å². The highest BCUT2D eigenvalue weighted by atomic mass is 28.4. The molecule has 5 atom stereocenters. The molecule has 0 saturated carbocycles. The lowest BCUT2D eigenvalue weighted by atomic mass is 9.98. The van der Waals surface area contributed by atoms with Crippen molar-refractivity contribution in [3.05, 3.63) is 71.8 Å². The Kier molecular flexibility index (Phi) is 11.0. The Morgan fingerprint density at radius 2 is 1.12 bits per heavy atom. The van der Waals surface area contributed by atoms with E-state index in [9.17, 15) is 5.11 Å². The number of rotatable bonds is 11. The average molecular weight is 589 g/mol. The van der Waals surface area contributed by atoms with Gasteiger partial charge in [-0.1, -0.05) is 102 Å². The first kappa shape index (κ1) is 33.1. The maximum Gasteiger partial charge on any atom is 0.192 e. The second-order valence-corrected chi connectivity index (χ2v) is 23.6. The van der Waals surface area contributed by atoms with Gasteiger partial charge in [0.2, 0.25) is 0 Å². The Balaban J connectivity index is 1.95. The van der Waals surface area contributed by atoms with E-state index in [4.69, 9.17) is 23.1 Å². The topological polar surface area (TPSA) is 66.4 Å². The van der Waals surface area contributed by atoms with Gasteiger partial charge in [-0.15, -0.1) is 0 Å². The van der Waals surface area contributed by atoms with Crippen molar-refractivity contribution >= 4 is 16.6 Å². The van der Waals surface area contributed by atoms with E-state index in [2.05, 4.69) is 67.7 Å². The van der Waals surface area contributed by atoms with Gasteiger partial charge in [0.05, 0.1) is 19.8 Å². The van der Waals surface area contributed by atoms with E-state index in [0.717, 1.165) is 11.1 Å². The first-order chi connectivity index (χ1) is 18.5. The van der Waals surface area contributed by atoms with Crippen LogP contribution in [0.5, 0.6) is 0 Å². The molecule has 3 rings (SSSR count). The normalized spacial score (nSPS) is 24.7. The second kappa shape index (κ2) is 13.3. The number of ether oxygens (including phenoxy) is 3. The van der Waals surface area contributed by atoms with Gasteiger partial charge < -0.3 is 28.2 Å². The van der Waals surface area contributed by atoms with Crippen molar-refractivity contribution < 1.29 is 28.2 Å². The Bertz CT molecular complexity index is 1030. The SMILES string of the molecule is CC(C)(C)[Si](C)(C)OC[C@H]1O[C@H](O)[C@H](OCc2ccccc2)[C@@H](OCc2ccccc2)[C@H]1O[Si](C)(C)C(C)(C)C. The Labute approximate surface area is 244 Å². The highest BCUT2D eigenvalue weighted by Gasteiger charge is 2.52. The third-order valence-corrected chi connectivity index (χ3v) is 17.8. The lowest BCUT2D eigenvalue weighted by Gasteiger charge is -2.49. The van der Waals surface area contributed by atoms with Gasteiger partial charge in [-0.05, 0) is 47.4 Å². The van der Waals surface area contributed by atoms with Crippen LogP contribution >= 0.6 is 0 Å². The van der Waals surface area contributed by atoms with E-state index < -0.39 is 47.3 Å². The first-order valence-electron chi connectivity index (χ1n) is 14.5. The lowest BCUT2D eigenvalue weighted by Crippen LogP contribution is -2.64. The van der Waals surface area contributed by atoms with Gasteiger partial charge in [0.25, 0.3) is 0 Å². The quantitative estimate of drug-likeness (QED) is 0.278. The van der Waals surface area contributed by atoms with Gasteiger partial charge in [-0.2, -0.15) is 0 Å². The third kappa shape index (κ3) is 8.58. The fraction of sp³-hybridized carbons (Fsp3) is 0.625. The molecular weight excluding hydrogens is 537 g/mol. The molecule has 6 nitrogen and oxygen atoms in total. The first-order valence-corrected chi connectivity index (χ1v) is 20.3. The standard InChI is InChI=1S/C32H52O6Si2/c1-31(2,3)39(7,8)36-23-26-27(38-40(9,10)32(4,5)6)28(34-21-24-17-13-11-14-18-24)29(30(33)37-26)35-22-25-19-15-12-16-20-25/h11-20,26-30,33H,21-23H2,1-10H3/t26-,27+,28+,29-,30+/m1/s1. The molecule has 0 spiro atoms. The van der Waals surface area contributed by atoms with Crippen LogP contribution in [0.1, 0.15) is 52.7 Å². The summed E-state index contributed by atoms with van der Waals surface area (Å²) in [5.74, 6) is 0. The number of hydrogen-bond acceptors (Lipinski definition) is 6. The molecule has 1 fully saturated rings. The number of benzene rings is 2. The third-order valence-electron chi connectivity index (χ3n) is 8.83. The number of hydrogen-bond donors (Lipinski definition) is 1. The summed E-state index contributed by atoms with van der Waals surface area (Å²) in [5, 5.41) is 11.3. The molecule has 0 aromatic heterocycles. The molecule has 0 radical (unpaired) electrons. The van der Waals surface area contributed by atoms with E-state index >= 15 is 0 Å². The summed E-state index contributed by atoms with van der Waals surface area (Å²) >= 11 is 0. The zero-order chi connectivity index (χ0) is 29.8. The van der Waals surface area contributed by atoms with Crippen molar-refractivity contribution in [3.63, 3.8) is 0 Å². The predicted octanol–water partition coefficient (Wildman–Crippen LogP) is 7.29. The molecule has 40 heavy (non-hydrogen) atoms. The minimum atomic E-state index is -2.28. The zero-order valence-corrected chi connectivity index (χ0v) is 28.3.